The summed E-state index contributed by atoms with van der Waals surface area (Å²) in [6.45, 7) is 7.63. The van der Waals surface area contributed by atoms with Gasteiger partial charge < -0.3 is 10.1 Å². The number of nitrogens with one attached hydrogen (secondary N) is 1. The molecule has 0 saturated carbocycles. The van der Waals surface area contributed by atoms with Gasteiger partial charge in [0.25, 0.3) is 0 Å². The van der Waals surface area contributed by atoms with Crippen LogP contribution in [0.5, 0.6) is 5.75 Å². The summed E-state index contributed by atoms with van der Waals surface area (Å²) in [7, 11) is 0. The number of thiazole rings is 2. The van der Waals surface area contributed by atoms with E-state index in [2.05, 4.69) is 79.6 Å². The third kappa shape index (κ3) is 6.00. The first-order valence-electron chi connectivity index (χ1n) is 16.3. The van der Waals surface area contributed by atoms with E-state index in [9.17, 15) is 0 Å². The lowest BCUT2D eigenvalue weighted by Gasteiger charge is -2.46. The van der Waals surface area contributed by atoms with Gasteiger partial charge in [0.1, 0.15) is 26.4 Å². The monoisotopic (exact) mass is 650 g/mol. The zero-order valence-electron chi connectivity index (χ0n) is 26.0. The lowest BCUT2D eigenvalue weighted by atomic mass is 10.00. The van der Waals surface area contributed by atoms with Crippen molar-refractivity contribution in [2.75, 3.05) is 43.1 Å². The number of pyridine rings is 2. The first-order valence-corrected chi connectivity index (χ1v) is 17.9. The number of likely N-dealkylation sites (tertiary alicyclic amines) is 1. The minimum atomic E-state index is 0.385. The summed E-state index contributed by atoms with van der Waals surface area (Å²) in [6.07, 6.45) is 7.95. The van der Waals surface area contributed by atoms with Gasteiger partial charge in [-0.05, 0) is 73.7 Å². The molecule has 2 aliphatic heterocycles. The largest absolute Gasteiger partial charge is 0.494 e. The van der Waals surface area contributed by atoms with Crippen molar-refractivity contribution in [3.63, 3.8) is 0 Å². The Labute approximate surface area is 276 Å². The molecule has 0 unspecified atom stereocenters. The maximum absolute atomic E-state index is 6.11. The van der Waals surface area contributed by atoms with E-state index < -0.39 is 0 Å². The average molecular weight is 651 g/mol. The molecule has 0 spiro atoms. The molecule has 0 amide bonds. The highest BCUT2D eigenvalue weighted by molar-refractivity contribution is 7.22. The zero-order valence-corrected chi connectivity index (χ0v) is 27.6. The molecule has 11 heteroatoms. The van der Waals surface area contributed by atoms with Crippen LogP contribution in [0, 0.1) is 0 Å². The standard InChI is InChI=1S/C35H38N8OS2/c1-2-44-31-12-11-24-7-3-4-8-27(24)28(31)23-41-19-15-26(16-20-41)43(35-40-30-10-6-18-37-33(30)46-35)42-21-13-25(14-22-42)38-34-39-29-9-5-17-36-32(29)45-34/h3-12,17-18,25-26H,2,13-16,19-23H2,1H3,(H,38,39). The van der Waals surface area contributed by atoms with Gasteiger partial charge in [0, 0.05) is 56.7 Å². The van der Waals surface area contributed by atoms with E-state index in [0.717, 1.165) is 95.1 Å². The number of nitrogens with zero attached hydrogens (tertiary/aromatic N) is 7. The minimum absolute atomic E-state index is 0.385. The Morgan fingerprint density at radius 2 is 1.57 bits per heavy atom. The lowest BCUT2D eigenvalue weighted by Crippen LogP contribution is -2.56. The number of ether oxygens (including phenoxy) is 1. The Morgan fingerprint density at radius 3 is 2.30 bits per heavy atom. The van der Waals surface area contributed by atoms with Gasteiger partial charge in [-0.2, -0.15) is 0 Å². The Bertz CT molecular complexity index is 1880. The number of rotatable bonds is 9. The van der Waals surface area contributed by atoms with E-state index in [1.165, 1.54) is 16.3 Å². The van der Waals surface area contributed by atoms with Crippen LogP contribution < -0.4 is 15.1 Å². The molecule has 2 aliphatic rings. The van der Waals surface area contributed by atoms with Gasteiger partial charge >= 0.3 is 0 Å². The summed E-state index contributed by atoms with van der Waals surface area (Å²) in [4.78, 5) is 23.6. The zero-order chi connectivity index (χ0) is 30.9. The molecule has 2 fully saturated rings. The summed E-state index contributed by atoms with van der Waals surface area (Å²) < 4.78 is 6.11. The van der Waals surface area contributed by atoms with Gasteiger partial charge in [-0.25, -0.2) is 24.9 Å². The molecule has 2 saturated heterocycles. The van der Waals surface area contributed by atoms with Crippen molar-refractivity contribution in [1.29, 1.82) is 0 Å². The van der Waals surface area contributed by atoms with Crippen LogP contribution in [-0.2, 0) is 6.54 Å². The topological polar surface area (TPSA) is 82.5 Å². The van der Waals surface area contributed by atoms with Gasteiger partial charge in [-0.3, -0.25) is 9.91 Å². The van der Waals surface area contributed by atoms with Crippen molar-refractivity contribution >= 4 is 64.4 Å². The molecule has 1 N–H and O–H groups in total. The molecule has 6 aromatic rings. The van der Waals surface area contributed by atoms with Crippen molar-refractivity contribution in [2.24, 2.45) is 0 Å². The molecule has 0 bridgehead atoms. The minimum Gasteiger partial charge on any atom is -0.494 e. The third-order valence-electron chi connectivity index (χ3n) is 9.20. The van der Waals surface area contributed by atoms with E-state index in [4.69, 9.17) is 14.7 Å². The Kier molecular flexibility index (Phi) is 8.38. The quantitative estimate of drug-likeness (QED) is 0.175. The SMILES string of the molecule is CCOc1ccc2ccccc2c1CN1CCC(N(c2nc3cccnc3s2)N2CCC(Nc3nc4cccnc4s3)CC2)CC1. The molecule has 2 aromatic carbocycles. The molecule has 0 radical (unpaired) electrons. The normalized spacial score (nSPS) is 17.2. The van der Waals surface area contributed by atoms with Crippen LogP contribution in [0.1, 0.15) is 38.2 Å². The van der Waals surface area contributed by atoms with Crippen molar-refractivity contribution < 1.29 is 4.74 Å². The number of fused-ring (bicyclic) bond motifs is 3. The van der Waals surface area contributed by atoms with E-state index in [1.54, 1.807) is 22.7 Å². The van der Waals surface area contributed by atoms with Crippen molar-refractivity contribution in [3.8, 4) is 5.75 Å². The molecule has 8 rings (SSSR count). The smallest absolute Gasteiger partial charge is 0.202 e. The highest BCUT2D eigenvalue weighted by atomic mass is 32.1. The maximum Gasteiger partial charge on any atom is 0.202 e. The second kappa shape index (κ2) is 13.1. The van der Waals surface area contributed by atoms with Crippen molar-refractivity contribution in [1.82, 2.24) is 29.8 Å². The molecule has 6 heterocycles. The van der Waals surface area contributed by atoms with Crippen LogP contribution in [0.4, 0.5) is 10.3 Å². The van der Waals surface area contributed by atoms with Crippen LogP contribution in [0.15, 0.2) is 73.1 Å². The highest BCUT2D eigenvalue weighted by Gasteiger charge is 2.34. The number of aromatic nitrogens is 4. The molecule has 4 aromatic heterocycles. The fourth-order valence-electron chi connectivity index (χ4n) is 6.91. The predicted molar refractivity (Wildman–Crippen MR) is 189 cm³/mol. The Hall–Kier alpha value is -3.90. The second-order valence-corrected chi connectivity index (χ2v) is 14.0. The van der Waals surface area contributed by atoms with Gasteiger partial charge in [0.2, 0.25) is 5.13 Å². The number of anilines is 2. The predicted octanol–water partition coefficient (Wildman–Crippen LogP) is 7.21. The fraction of sp³-hybridized carbons (Fsp3) is 0.371. The Balaban J connectivity index is 0.983. The first kappa shape index (κ1) is 29.5. The van der Waals surface area contributed by atoms with Crippen LogP contribution in [-0.4, -0.2) is 74.7 Å². The maximum atomic E-state index is 6.11. The molecular formula is C35H38N8OS2. The van der Waals surface area contributed by atoms with E-state index in [1.807, 2.05) is 30.6 Å². The number of hydrogen-bond donors (Lipinski definition) is 1. The summed E-state index contributed by atoms with van der Waals surface area (Å²) in [5, 5.41) is 13.4. The summed E-state index contributed by atoms with van der Waals surface area (Å²) >= 11 is 3.35. The van der Waals surface area contributed by atoms with Gasteiger partial charge in [0.15, 0.2) is 5.13 Å². The average Bonchev–Trinajstić information content (AvgIpc) is 3.71. The van der Waals surface area contributed by atoms with Crippen molar-refractivity contribution in [2.45, 2.75) is 51.2 Å². The van der Waals surface area contributed by atoms with Crippen LogP contribution in [0.3, 0.4) is 0 Å². The highest BCUT2D eigenvalue weighted by Crippen LogP contribution is 2.36. The van der Waals surface area contributed by atoms with Crippen LogP contribution in [0.2, 0.25) is 0 Å². The third-order valence-corrected chi connectivity index (χ3v) is 11.1. The van der Waals surface area contributed by atoms with Crippen LogP contribution >= 0.6 is 22.7 Å². The number of hydrogen-bond acceptors (Lipinski definition) is 11. The van der Waals surface area contributed by atoms with E-state index in [0.29, 0.717) is 18.7 Å². The fourth-order valence-corrected chi connectivity index (χ4v) is 8.80. The van der Waals surface area contributed by atoms with E-state index >= 15 is 0 Å². The molecule has 0 atom stereocenters. The van der Waals surface area contributed by atoms with Gasteiger partial charge in [-0.1, -0.05) is 53.0 Å². The molecule has 46 heavy (non-hydrogen) atoms. The number of benzene rings is 2. The molecule has 0 aliphatic carbocycles. The van der Waals surface area contributed by atoms with Crippen molar-refractivity contribution in [3.05, 3.63) is 78.6 Å². The molecule has 236 valence electrons. The van der Waals surface area contributed by atoms with Gasteiger partial charge in [-0.15, -0.1) is 0 Å². The summed E-state index contributed by atoms with van der Waals surface area (Å²) in [5.74, 6) is 1.01. The molecular weight excluding hydrogens is 613 g/mol. The summed E-state index contributed by atoms with van der Waals surface area (Å²) in [5.41, 5.74) is 3.24. The molecule has 9 nitrogen and oxygen atoms in total. The number of piperidine rings is 2. The van der Waals surface area contributed by atoms with E-state index in [-0.39, 0.29) is 0 Å². The first-order chi connectivity index (χ1) is 22.7. The lowest BCUT2D eigenvalue weighted by molar-refractivity contribution is 0.134. The van der Waals surface area contributed by atoms with Gasteiger partial charge in [0.05, 0.1) is 12.6 Å². The number of hydrazine groups is 1. The van der Waals surface area contributed by atoms with Crippen LogP contribution in [0.25, 0.3) is 31.5 Å². The second-order valence-electron chi connectivity index (χ2n) is 12.1. The summed E-state index contributed by atoms with van der Waals surface area (Å²) in [6, 6.07) is 21.8. The Morgan fingerprint density at radius 1 is 0.826 bits per heavy atom.